The van der Waals surface area contributed by atoms with Gasteiger partial charge in [0.05, 0.1) is 23.4 Å². The Kier molecular flexibility index (Phi) is 7.40. The Morgan fingerprint density at radius 1 is 1.34 bits per heavy atom. The highest BCUT2D eigenvalue weighted by Crippen LogP contribution is 2.36. The van der Waals surface area contributed by atoms with Crippen molar-refractivity contribution in [3.63, 3.8) is 0 Å². The minimum absolute atomic E-state index is 0.00133. The molecule has 0 aliphatic rings. The smallest absolute Gasteiger partial charge is 0.358 e. The van der Waals surface area contributed by atoms with Gasteiger partial charge in [-0.3, -0.25) is 0 Å². The zero-order valence-electron chi connectivity index (χ0n) is 16.1. The third-order valence-electron chi connectivity index (χ3n) is 4.20. The van der Waals surface area contributed by atoms with E-state index in [0.29, 0.717) is 6.42 Å². The lowest BCUT2D eigenvalue weighted by molar-refractivity contribution is -0.157. The number of anilines is 1. The van der Waals surface area contributed by atoms with Crippen LogP contribution >= 0.6 is 23.2 Å². The van der Waals surface area contributed by atoms with Crippen molar-refractivity contribution in [1.82, 2.24) is 4.98 Å². The molecule has 158 valence electrons. The molecule has 2 rings (SSSR count). The number of halogens is 4. The van der Waals surface area contributed by atoms with E-state index in [1.807, 2.05) is 6.92 Å². The van der Waals surface area contributed by atoms with Crippen LogP contribution in [0.4, 0.5) is 14.5 Å². The van der Waals surface area contributed by atoms with Gasteiger partial charge in [0.1, 0.15) is 16.5 Å². The van der Waals surface area contributed by atoms with Crippen LogP contribution in [0.1, 0.15) is 37.7 Å². The second-order valence-electron chi connectivity index (χ2n) is 6.66. The van der Waals surface area contributed by atoms with Crippen molar-refractivity contribution in [2.24, 2.45) is 0 Å². The van der Waals surface area contributed by atoms with Crippen LogP contribution in [0.25, 0.3) is 11.3 Å². The van der Waals surface area contributed by atoms with Crippen molar-refractivity contribution in [3.05, 3.63) is 45.6 Å². The first-order chi connectivity index (χ1) is 13.5. The number of aliphatic hydroxyl groups is 1. The second-order valence-corrected chi connectivity index (χ2v) is 7.45. The molecule has 2 N–H and O–H groups in total. The van der Waals surface area contributed by atoms with Crippen LogP contribution in [0, 0.1) is 11.6 Å². The number of benzene rings is 1. The molecule has 2 aromatic rings. The number of hydrogen-bond donors (Lipinski definition) is 2. The Bertz CT molecular complexity index is 926. The maximum atomic E-state index is 15.2. The number of hydrogen-bond acceptors (Lipinski definition) is 6. The summed E-state index contributed by atoms with van der Waals surface area (Å²) in [6, 6.07) is 3.50. The quantitative estimate of drug-likeness (QED) is 0.457. The van der Waals surface area contributed by atoms with Gasteiger partial charge in [-0.2, -0.15) is 0 Å². The van der Waals surface area contributed by atoms with Gasteiger partial charge in [0.15, 0.2) is 11.5 Å². The monoisotopic (exact) mass is 448 g/mol. The van der Waals surface area contributed by atoms with E-state index in [-0.39, 0.29) is 10.6 Å². The molecule has 0 aliphatic carbocycles. The number of esters is 1. The Hall–Kier alpha value is -2.00. The molecule has 1 aromatic heterocycles. The van der Waals surface area contributed by atoms with Gasteiger partial charge in [0.2, 0.25) is 6.41 Å². The fraction of sp³-hybridized carbons (Fsp3) is 0.368. The second kappa shape index (κ2) is 9.21. The first kappa shape index (κ1) is 23.3. The van der Waals surface area contributed by atoms with E-state index < -0.39 is 51.7 Å². The van der Waals surface area contributed by atoms with E-state index in [0.717, 1.165) is 13.2 Å². The predicted octanol–water partition coefficient (Wildman–Crippen LogP) is 5.01. The van der Waals surface area contributed by atoms with Crippen LogP contribution in [0.5, 0.6) is 0 Å². The first-order valence-corrected chi connectivity index (χ1v) is 9.31. The number of nitrogens with one attached hydrogen (secondary N) is 1. The SMILES string of the molecule is CCC(C)(C)OC(O)Nc1c(F)c(-c2ccc(Cl)c(F)c2)nc(C(=O)OC)c1Cl. The lowest BCUT2D eigenvalue weighted by atomic mass is 10.1. The zero-order chi connectivity index (χ0) is 21.9. The summed E-state index contributed by atoms with van der Waals surface area (Å²) in [7, 11) is 1.10. The van der Waals surface area contributed by atoms with E-state index in [1.54, 1.807) is 13.8 Å². The number of carbonyl (C=O) groups excluding carboxylic acids is 1. The van der Waals surface area contributed by atoms with Crippen molar-refractivity contribution < 1.29 is 28.2 Å². The largest absolute Gasteiger partial charge is 0.464 e. The van der Waals surface area contributed by atoms with E-state index in [2.05, 4.69) is 15.0 Å². The van der Waals surface area contributed by atoms with Gasteiger partial charge in [0, 0.05) is 5.56 Å². The molecule has 0 bridgehead atoms. The summed E-state index contributed by atoms with van der Waals surface area (Å²) in [6.07, 6.45) is -1.10. The lowest BCUT2D eigenvalue weighted by Crippen LogP contribution is -2.35. The molecule has 0 radical (unpaired) electrons. The molecule has 10 heteroatoms. The van der Waals surface area contributed by atoms with Gasteiger partial charge in [-0.25, -0.2) is 18.6 Å². The van der Waals surface area contributed by atoms with Crippen molar-refractivity contribution in [2.75, 3.05) is 12.4 Å². The first-order valence-electron chi connectivity index (χ1n) is 8.56. The van der Waals surface area contributed by atoms with Crippen LogP contribution in [0.3, 0.4) is 0 Å². The molecule has 1 atom stereocenters. The number of nitrogens with zero attached hydrogens (tertiary/aromatic N) is 1. The van der Waals surface area contributed by atoms with E-state index >= 15 is 4.39 Å². The van der Waals surface area contributed by atoms with Gasteiger partial charge < -0.3 is 19.9 Å². The molecule has 1 heterocycles. The predicted molar refractivity (Wildman–Crippen MR) is 106 cm³/mol. The summed E-state index contributed by atoms with van der Waals surface area (Å²) in [5, 5.41) is 12.0. The highest BCUT2D eigenvalue weighted by Gasteiger charge is 2.28. The average molecular weight is 449 g/mol. The van der Waals surface area contributed by atoms with E-state index in [9.17, 15) is 14.3 Å². The summed E-state index contributed by atoms with van der Waals surface area (Å²) >= 11 is 11.8. The fourth-order valence-electron chi connectivity index (χ4n) is 2.27. The van der Waals surface area contributed by atoms with Gasteiger partial charge in [-0.05, 0) is 32.4 Å². The standard InChI is InChI=1S/C19H20Cl2F2N2O4/c1-5-19(2,3)29-18(27)25-15-12(21)16(17(26)28-4)24-14(13(15)23)9-6-7-10(20)11(22)8-9/h6-8,18,27H,5H2,1-4H3,(H,24,25). The molecule has 0 fully saturated rings. The van der Waals surface area contributed by atoms with Gasteiger partial charge >= 0.3 is 5.97 Å². The summed E-state index contributed by atoms with van der Waals surface area (Å²) < 4.78 is 39.1. The Balaban J connectivity index is 2.60. The molecule has 0 saturated heterocycles. The molecule has 29 heavy (non-hydrogen) atoms. The number of aliphatic hydroxyl groups excluding tert-OH is 1. The summed E-state index contributed by atoms with van der Waals surface area (Å²) in [5.74, 6) is -2.78. The lowest BCUT2D eigenvalue weighted by Gasteiger charge is -2.28. The number of ether oxygens (including phenoxy) is 2. The zero-order valence-corrected chi connectivity index (χ0v) is 17.7. The Morgan fingerprint density at radius 2 is 2.00 bits per heavy atom. The van der Waals surface area contributed by atoms with Gasteiger partial charge in [0.25, 0.3) is 0 Å². The van der Waals surface area contributed by atoms with Gasteiger partial charge in [-0.15, -0.1) is 0 Å². The Labute approximate surface area is 176 Å². The highest BCUT2D eigenvalue weighted by atomic mass is 35.5. The number of methoxy groups -OCH3 is 1. The van der Waals surface area contributed by atoms with Crippen LogP contribution in [-0.2, 0) is 9.47 Å². The number of pyridine rings is 1. The fourth-order valence-corrected chi connectivity index (χ4v) is 2.65. The minimum atomic E-state index is -1.65. The highest BCUT2D eigenvalue weighted by molar-refractivity contribution is 6.36. The maximum absolute atomic E-state index is 15.2. The summed E-state index contributed by atoms with van der Waals surface area (Å²) in [4.78, 5) is 15.9. The molecule has 0 aliphatic heterocycles. The summed E-state index contributed by atoms with van der Waals surface area (Å²) in [5.41, 5.74) is -2.00. The number of carbonyl (C=O) groups is 1. The summed E-state index contributed by atoms with van der Waals surface area (Å²) in [6.45, 7) is 5.30. The molecule has 0 amide bonds. The maximum Gasteiger partial charge on any atom is 0.358 e. The van der Waals surface area contributed by atoms with E-state index in [1.165, 1.54) is 12.1 Å². The normalized spacial score (nSPS) is 12.6. The van der Waals surface area contributed by atoms with Crippen molar-refractivity contribution >= 4 is 34.9 Å². The Morgan fingerprint density at radius 3 is 2.55 bits per heavy atom. The molecule has 1 aromatic carbocycles. The molecular formula is C19H20Cl2F2N2O4. The van der Waals surface area contributed by atoms with E-state index in [4.69, 9.17) is 27.9 Å². The van der Waals surface area contributed by atoms with Crippen LogP contribution in [0.2, 0.25) is 10.0 Å². The molecule has 0 spiro atoms. The van der Waals surface area contributed by atoms with Crippen molar-refractivity contribution in [1.29, 1.82) is 0 Å². The molecular weight excluding hydrogens is 429 g/mol. The molecule has 6 nitrogen and oxygen atoms in total. The molecule has 1 unspecified atom stereocenters. The third-order valence-corrected chi connectivity index (χ3v) is 4.87. The third kappa shape index (κ3) is 5.33. The van der Waals surface area contributed by atoms with Crippen LogP contribution in [-0.4, -0.2) is 35.2 Å². The van der Waals surface area contributed by atoms with Gasteiger partial charge in [-0.1, -0.05) is 36.2 Å². The van der Waals surface area contributed by atoms with Crippen LogP contribution in [0.15, 0.2) is 18.2 Å². The number of rotatable bonds is 7. The number of aromatic nitrogens is 1. The van der Waals surface area contributed by atoms with Crippen LogP contribution < -0.4 is 5.32 Å². The van der Waals surface area contributed by atoms with Crippen molar-refractivity contribution in [2.45, 2.75) is 39.2 Å². The topological polar surface area (TPSA) is 80.7 Å². The average Bonchev–Trinajstić information content (AvgIpc) is 2.66. The molecule has 0 saturated carbocycles. The minimum Gasteiger partial charge on any atom is -0.464 e. The van der Waals surface area contributed by atoms with Crippen molar-refractivity contribution in [3.8, 4) is 11.3 Å².